The summed E-state index contributed by atoms with van der Waals surface area (Å²) in [6, 6.07) is 0. The second-order valence-corrected chi connectivity index (χ2v) is 6.35. The first-order valence-electron chi connectivity index (χ1n) is 6.86. The monoisotopic (exact) mass is 326 g/mol. The van der Waals surface area contributed by atoms with E-state index in [-0.39, 0.29) is 5.91 Å². The second kappa shape index (κ2) is 7.13. The third kappa shape index (κ3) is 3.68. The van der Waals surface area contributed by atoms with Crippen molar-refractivity contribution in [1.82, 2.24) is 19.4 Å². The molecule has 0 saturated carbocycles. The molecule has 21 heavy (non-hydrogen) atoms. The minimum Gasteiger partial charge on any atom is -0.348 e. The van der Waals surface area contributed by atoms with Crippen molar-refractivity contribution in [3.8, 4) is 0 Å². The molecule has 0 saturated heterocycles. The number of unbranched alkanes of at least 4 members (excludes halogenated alkanes) is 1. The van der Waals surface area contributed by atoms with Gasteiger partial charge in [-0.3, -0.25) is 4.79 Å². The number of halogens is 1. The zero-order valence-electron chi connectivity index (χ0n) is 12.5. The van der Waals surface area contributed by atoms with Gasteiger partial charge in [0.2, 0.25) is 5.91 Å². The summed E-state index contributed by atoms with van der Waals surface area (Å²) in [6.07, 6.45) is 5.57. The van der Waals surface area contributed by atoms with Crippen molar-refractivity contribution in [1.29, 1.82) is 0 Å². The Balaban J connectivity index is 2.31. The summed E-state index contributed by atoms with van der Waals surface area (Å²) in [7, 11) is 3.50. The van der Waals surface area contributed by atoms with Crippen molar-refractivity contribution in [3.05, 3.63) is 17.5 Å². The van der Waals surface area contributed by atoms with E-state index in [0.717, 1.165) is 35.4 Å². The molecule has 0 atom stereocenters. The predicted octanol–water partition coefficient (Wildman–Crippen LogP) is 3.07. The van der Waals surface area contributed by atoms with E-state index in [1.165, 1.54) is 11.8 Å². The molecule has 1 amide bonds. The van der Waals surface area contributed by atoms with Crippen LogP contribution >= 0.6 is 23.4 Å². The van der Waals surface area contributed by atoms with Gasteiger partial charge in [-0.25, -0.2) is 9.97 Å². The lowest BCUT2D eigenvalue weighted by Gasteiger charge is -2.11. The Morgan fingerprint density at radius 2 is 2.19 bits per heavy atom. The van der Waals surface area contributed by atoms with Gasteiger partial charge in [-0.15, -0.1) is 0 Å². The number of pyridine rings is 1. The van der Waals surface area contributed by atoms with Crippen LogP contribution in [0.3, 0.4) is 0 Å². The van der Waals surface area contributed by atoms with Crippen LogP contribution in [-0.4, -0.2) is 45.2 Å². The first-order valence-corrected chi connectivity index (χ1v) is 8.23. The van der Waals surface area contributed by atoms with E-state index in [0.29, 0.717) is 10.8 Å². The predicted molar refractivity (Wildman–Crippen MR) is 86.9 cm³/mol. The van der Waals surface area contributed by atoms with Crippen LogP contribution in [0.4, 0.5) is 0 Å². The van der Waals surface area contributed by atoms with Crippen LogP contribution in [0.15, 0.2) is 17.6 Å². The molecular weight excluding hydrogens is 308 g/mol. The zero-order chi connectivity index (χ0) is 15.4. The quantitative estimate of drug-likeness (QED) is 0.765. The maximum absolute atomic E-state index is 11.7. The first kappa shape index (κ1) is 16.1. The molecule has 2 aromatic heterocycles. The Labute approximate surface area is 133 Å². The van der Waals surface area contributed by atoms with Gasteiger partial charge in [0.05, 0.1) is 17.1 Å². The van der Waals surface area contributed by atoms with E-state index in [1.807, 2.05) is 0 Å². The van der Waals surface area contributed by atoms with E-state index in [2.05, 4.69) is 21.5 Å². The third-order valence-corrected chi connectivity index (χ3v) is 4.39. The molecule has 5 nitrogen and oxygen atoms in total. The van der Waals surface area contributed by atoms with Crippen LogP contribution in [0.2, 0.25) is 5.02 Å². The topological polar surface area (TPSA) is 51.0 Å². The number of aryl methyl sites for hydroxylation is 1. The van der Waals surface area contributed by atoms with Gasteiger partial charge in [-0.05, 0) is 6.42 Å². The Bertz CT molecular complexity index is 641. The van der Waals surface area contributed by atoms with Crippen molar-refractivity contribution in [2.75, 3.05) is 19.8 Å². The molecule has 2 rings (SSSR count). The van der Waals surface area contributed by atoms with Crippen LogP contribution in [0.1, 0.15) is 19.8 Å². The molecular formula is C14H19ClN4OS. The van der Waals surface area contributed by atoms with Crippen LogP contribution in [0.5, 0.6) is 0 Å². The summed E-state index contributed by atoms with van der Waals surface area (Å²) >= 11 is 7.59. The highest BCUT2D eigenvalue weighted by atomic mass is 35.5. The summed E-state index contributed by atoms with van der Waals surface area (Å²) in [4.78, 5) is 22.1. The maximum atomic E-state index is 11.7. The number of hydrogen-bond acceptors (Lipinski definition) is 4. The lowest BCUT2D eigenvalue weighted by atomic mass is 10.3. The largest absolute Gasteiger partial charge is 0.348 e. The van der Waals surface area contributed by atoms with Gasteiger partial charge in [-0.1, -0.05) is 36.7 Å². The highest BCUT2D eigenvalue weighted by Crippen LogP contribution is 2.30. The standard InChI is InChI=1S/C14H19ClN4OS/c1-4-5-6-19-9-17-12-10(15)7-16-14(13(12)19)21-8-11(20)18(2)3/h7,9H,4-6,8H2,1-3H3. The number of nitrogens with zero attached hydrogens (tertiary/aromatic N) is 4. The summed E-state index contributed by atoms with van der Waals surface area (Å²) in [5.41, 5.74) is 1.68. The fourth-order valence-electron chi connectivity index (χ4n) is 1.88. The molecule has 0 N–H and O–H groups in total. The number of amides is 1. The summed E-state index contributed by atoms with van der Waals surface area (Å²) in [5, 5.41) is 1.35. The number of carbonyl (C=O) groups is 1. The first-order chi connectivity index (χ1) is 10.0. The highest BCUT2D eigenvalue weighted by molar-refractivity contribution is 8.00. The molecule has 2 heterocycles. The normalized spacial score (nSPS) is 11.0. The number of rotatable bonds is 6. The van der Waals surface area contributed by atoms with Gasteiger partial charge in [0, 0.05) is 26.8 Å². The number of carbonyl (C=O) groups excluding carboxylic acids is 1. The lowest BCUT2D eigenvalue weighted by molar-refractivity contribution is -0.125. The Kier molecular flexibility index (Phi) is 5.47. The average Bonchev–Trinajstić information content (AvgIpc) is 2.89. The van der Waals surface area contributed by atoms with Crippen molar-refractivity contribution in [2.24, 2.45) is 0 Å². The SMILES string of the molecule is CCCCn1cnc2c(Cl)cnc(SCC(=O)N(C)C)c21. The Morgan fingerprint density at radius 1 is 1.43 bits per heavy atom. The van der Waals surface area contributed by atoms with E-state index in [1.54, 1.807) is 31.5 Å². The molecule has 0 fully saturated rings. The molecule has 7 heteroatoms. The maximum Gasteiger partial charge on any atom is 0.232 e. The molecule has 0 aliphatic heterocycles. The van der Waals surface area contributed by atoms with Crippen molar-refractivity contribution < 1.29 is 4.79 Å². The number of imidazole rings is 1. The molecule has 0 unspecified atom stereocenters. The number of hydrogen-bond donors (Lipinski definition) is 0. The van der Waals surface area contributed by atoms with Gasteiger partial charge in [0.1, 0.15) is 16.1 Å². The number of fused-ring (bicyclic) bond motifs is 1. The fraction of sp³-hybridized carbons (Fsp3) is 0.500. The van der Waals surface area contributed by atoms with Crippen LogP contribution in [0.25, 0.3) is 11.0 Å². The summed E-state index contributed by atoms with van der Waals surface area (Å²) in [5.74, 6) is 0.417. The van der Waals surface area contributed by atoms with Crippen molar-refractivity contribution in [3.63, 3.8) is 0 Å². The zero-order valence-corrected chi connectivity index (χ0v) is 14.0. The minimum atomic E-state index is 0.0597. The van der Waals surface area contributed by atoms with E-state index >= 15 is 0 Å². The molecule has 0 bridgehead atoms. The molecule has 0 aromatic carbocycles. The van der Waals surface area contributed by atoms with Gasteiger partial charge < -0.3 is 9.47 Å². The highest BCUT2D eigenvalue weighted by Gasteiger charge is 2.15. The average molecular weight is 327 g/mol. The smallest absolute Gasteiger partial charge is 0.232 e. The van der Waals surface area contributed by atoms with Gasteiger partial charge in [0.25, 0.3) is 0 Å². The van der Waals surface area contributed by atoms with Crippen molar-refractivity contribution in [2.45, 2.75) is 31.3 Å². The molecule has 114 valence electrons. The van der Waals surface area contributed by atoms with E-state index < -0.39 is 0 Å². The van der Waals surface area contributed by atoms with Crippen LogP contribution in [0, 0.1) is 0 Å². The molecule has 0 radical (unpaired) electrons. The van der Waals surface area contributed by atoms with Crippen LogP contribution in [-0.2, 0) is 11.3 Å². The van der Waals surface area contributed by atoms with E-state index in [4.69, 9.17) is 11.6 Å². The van der Waals surface area contributed by atoms with Gasteiger partial charge in [0.15, 0.2) is 0 Å². The third-order valence-electron chi connectivity index (χ3n) is 3.15. The number of aromatic nitrogens is 3. The summed E-state index contributed by atoms with van der Waals surface area (Å²) in [6.45, 7) is 3.03. The van der Waals surface area contributed by atoms with Crippen LogP contribution < -0.4 is 0 Å². The fourth-order valence-corrected chi connectivity index (χ4v) is 3.07. The molecule has 0 aliphatic rings. The van der Waals surface area contributed by atoms with Crippen molar-refractivity contribution >= 4 is 40.3 Å². The molecule has 2 aromatic rings. The second-order valence-electron chi connectivity index (χ2n) is 4.98. The number of thioether (sulfide) groups is 1. The molecule has 0 aliphatic carbocycles. The van der Waals surface area contributed by atoms with Gasteiger partial charge in [-0.2, -0.15) is 0 Å². The summed E-state index contributed by atoms with van der Waals surface area (Å²) < 4.78 is 2.07. The molecule has 0 spiro atoms. The minimum absolute atomic E-state index is 0.0597. The van der Waals surface area contributed by atoms with E-state index in [9.17, 15) is 4.79 Å². The Hall–Kier alpha value is -1.27. The Morgan fingerprint density at radius 3 is 2.86 bits per heavy atom. The lowest BCUT2D eigenvalue weighted by Crippen LogP contribution is -2.23. The van der Waals surface area contributed by atoms with Gasteiger partial charge >= 0.3 is 0 Å².